The third-order valence-corrected chi connectivity index (χ3v) is 10.9. The molecule has 1 aliphatic heterocycles. The molecule has 2 heterocycles. The molecule has 10 heteroatoms. The molecule has 2 saturated carbocycles. The summed E-state index contributed by atoms with van der Waals surface area (Å²) in [4.78, 5) is 38.2. The first-order chi connectivity index (χ1) is 20.3. The number of ether oxygens (including phenoxy) is 2. The molecule has 1 saturated heterocycles. The Morgan fingerprint density at radius 2 is 2.10 bits per heavy atom. The molecular weight excluding hydrogens is 552 g/mol. The molecular formula is C32H42N4O5S. The summed E-state index contributed by atoms with van der Waals surface area (Å²) in [6.07, 6.45) is 8.18. The quantitative estimate of drug-likeness (QED) is 0.255. The van der Waals surface area contributed by atoms with Gasteiger partial charge in [0.1, 0.15) is 12.9 Å². The van der Waals surface area contributed by atoms with Crippen molar-refractivity contribution in [2.75, 3.05) is 45.3 Å². The molecule has 42 heavy (non-hydrogen) atoms. The van der Waals surface area contributed by atoms with E-state index in [1.807, 2.05) is 13.0 Å². The maximum Gasteiger partial charge on any atom is 0.325 e. The molecule has 0 spiro atoms. The number of nitrogens with one attached hydrogen (secondary N) is 1. The lowest BCUT2D eigenvalue weighted by atomic mass is 9.54. The van der Waals surface area contributed by atoms with Gasteiger partial charge in [0, 0.05) is 36.0 Å². The summed E-state index contributed by atoms with van der Waals surface area (Å²) < 4.78 is 11.2. The average molecular weight is 595 g/mol. The van der Waals surface area contributed by atoms with Crippen LogP contribution in [0.3, 0.4) is 0 Å². The van der Waals surface area contributed by atoms with Crippen molar-refractivity contribution >= 4 is 34.1 Å². The van der Waals surface area contributed by atoms with Crippen LogP contribution < -0.4 is 10.1 Å². The van der Waals surface area contributed by atoms with E-state index >= 15 is 0 Å². The lowest BCUT2D eigenvalue weighted by molar-refractivity contribution is -0.136. The van der Waals surface area contributed by atoms with E-state index in [9.17, 15) is 9.59 Å². The minimum Gasteiger partial charge on any atom is -0.426 e. The summed E-state index contributed by atoms with van der Waals surface area (Å²) in [5.41, 5.74) is 3.84. The second-order valence-electron chi connectivity index (χ2n) is 12.6. The van der Waals surface area contributed by atoms with Crippen molar-refractivity contribution in [1.29, 1.82) is 0 Å². The molecule has 1 N–H and O–H groups in total. The molecule has 1 aromatic heterocycles. The van der Waals surface area contributed by atoms with Crippen molar-refractivity contribution in [3.05, 3.63) is 40.4 Å². The highest BCUT2D eigenvalue weighted by Crippen LogP contribution is 2.62. The zero-order chi connectivity index (χ0) is 29.3. The highest BCUT2D eigenvalue weighted by atomic mass is 32.1. The van der Waals surface area contributed by atoms with Crippen LogP contribution in [0.5, 0.6) is 5.75 Å². The van der Waals surface area contributed by atoms with Crippen LogP contribution in [-0.4, -0.2) is 67.4 Å². The molecule has 5 atom stereocenters. The van der Waals surface area contributed by atoms with Gasteiger partial charge in [-0.3, -0.25) is 14.5 Å². The van der Waals surface area contributed by atoms with Gasteiger partial charge in [-0.15, -0.1) is 11.3 Å². The lowest BCUT2D eigenvalue weighted by Gasteiger charge is -2.50. The standard InChI is InChI=1S/C32H42N4O5S/c1-20-18-33-31(42-20)34-28(37)9-5-22-17-27(35-39-3)32(2)11-10-25-24-8-6-23(16-21(24)4-7-26(25)30(22)32)41-29(38)19-36-12-14-40-15-13-36/h6,8,16,18,22,25-26,30H,4-5,7,9-15,17,19H2,1-3H3,(H,33,34,37)/b35-27+/t22-,25?,26?,30?,32-/m1/s1. The van der Waals surface area contributed by atoms with Crippen LogP contribution in [0.25, 0.3) is 0 Å². The van der Waals surface area contributed by atoms with Crippen LogP contribution in [0.1, 0.15) is 67.4 Å². The number of fused-ring (bicyclic) bond motifs is 5. The number of benzene rings is 1. The largest absolute Gasteiger partial charge is 0.426 e. The van der Waals surface area contributed by atoms with Gasteiger partial charge in [0.2, 0.25) is 5.91 Å². The molecule has 3 fully saturated rings. The van der Waals surface area contributed by atoms with Crippen LogP contribution in [-0.2, 0) is 25.6 Å². The highest BCUT2D eigenvalue weighted by molar-refractivity contribution is 7.15. The topological polar surface area (TPSA) is 102 Å². The number of hydrogen-bond donors (Lipinski definition) is 1. The van der Waals surface area contributed by atoms with Gasteiger partial charge in [0.25, 0.3) is 0 Å². The fourth-order valence-corrected chi connectivity index (χ4v) is 8.92. The van der Waals surface area contributed by atoms with Crippen LogP contribution in [0.4, 0.5) is 5.13 Å². The third kappa shape index (κ3) is 5.98. The van der Waals surface area contributed by atoms with E-state index in [2.05, 4.69) is 39.4 Å². The van der Waals surface area contributed by atoms with Gasteiger partial charge < -0.3 is 19.6 Å². The van der Waals surface area contributed by atoms with E-state index in [-0.39, 0.29) is 17.3 Å². The Labute approximate surface area is 252 Å². The maximum atomic E-state index is 12.8. The predicted molar refractivity (Wildman–Crippen MR) is 162 cm³/mol. The molecule has 4 aliphatic rings. The number of morpholine rings is 1. The Kier molecular flexibility index (Phi) is 8.65. The third-order valence-electron chi connectivity index (χ3n) is 10.1. The Morgan fingerprint density at radius 3 is 2.86 bits per heavy atom. The molecule has 0 bridgehead atoms. The maximum absolute atomic E-state index is 12.8. The molecule has 6 rings (SSSR count). The van der Waals surface area contributed by atoms with E-state index in [0.29, 0.717) is 60.7 Å². The summed E-state index contributed by atoms with van der Waals surface area (Å²) in [6.45, 7) is 7.50. The predicted octanol–water partition coefficient (Wildman–Crippen LogP) is 5.19. The van der Waals surface area contributed by atoms with Crippen LogP contribution in [0.2, 0.25) is 0 Å². The summed E-state index contributed by atoms with van der Waals surface area (Å²) in [6, 6.07) is 6.26. The van der Waals surface area contributed by atoms with Crippen molar-refractivity contribution in [2.24, 2.45) is 28.3 Å². The summed E-state index contributed by atoms with van der Waals surface area (Å²) >= 11 is 1.51. The van der Waals surface area contributed by atoms with E-state index in [4.69, 9.17) is 14.3 Å². The summed E-state index contributed by atoms with van der Waals surface area (Å²) in [5, 5.41) is 8.19. The molecule has 2 aromatic rings. The van der Waals surface area contributed by atoms with E-state index in [1.165, 1.54) is 22.5 Å². The molecule has 3 aliphatic carbocycles. The number of aryl methyl sites for hydroxylation is 2. The van der Waals surface area contributed by atoms with Crippen molar-refractivity contribution in [3.63, 3.8) is 0 Å². The van der Waals surface area contributed by atoms with Crippen molar-refractivity contribution in [1.82, 2.24) is 9.88 Å². The Hall–Kier alpha value is -2.82. The number of esters is 1. The fourth-order valence-electron chi connectivity index (χ4n) is 8.24. The normalized spacial score (nSPS) is 29.8. The molecule has 0 radical (unpaired) electrons. The number of carbonyl (C=O) groups excluding carboxylic acids is 2. The molecule has 9 nitrogen and oxygen atoms in total. The molecule has 1 aromatic carbocycles. The Morgan fingerprint density at radius 1 is 1.26 bits per heavy atom. The smallest absolute Gasteiger partial charge is 0.325 e. The number of thiazole rings is 1. The minimum absolute atomic E-state index is 0.0167. The number of oxime groups is 1. The van der Waals surface area contributed by atoms with Crippen molar-refractivity contribution in [3.8, 4) is 5.75 Å². The van der Waals surface area contributed by atoms with Gasteiger partial charge in [0.05, 0.1) is 25.5 Å². The monoisotopic (exact) mass is 594 g/mol. The van der Waals surface area contributed by atoms with Crippen molar-refractivity contribution in [2.45, 2.75) is 64.7 Å². The minimum atomic E-state index is -0.216. The number of nitrogens with zero attached hydrogens (tertiary/aromatic N) is 3. The first-order valence-corrected chi connectivity index (χ1v) is 16.1. The lowest BCUT2D eigenvalue weighted by Crippen LogP contribution is -2.44. The van der Waals surface area contributed by atoms with Crippen LogP contribution in [0.15, 0.2) is 29.6 Å². The zero-order valence-electron chi connectivity index (χ0n) is 24.9. The number of hydrogen-bond acceptors (Lipinski definition) is 9. The zero-order valence-corrected chi connectivity index (χ0v) is 25.7. The second kappa shape index (κ2) is 12.4. The number of amides is 1. The van der Waals surface area contributed by atoms with E-state index < -0.39 is 0 Å². The first-order valence-electron chi connectivity index (χ1n) is 15.3. The van der Waals surface area contributed by atoms with Gasteiger partial charge in [0.15, 0.2) is 5.13 Å². The van der Waals surface area contributed by atoms with Gasteiger partial charge in [-0.05, 0) is 92.4 Å². The van der Waals surface area contributed by atoms with Crippen molar-refractivity contribution < 1.29 is 23.9 Å². The first kappa shape index (κ1) is 29.3. The Bertz CT molecular complexity index is 1340. The number of carbonyl (C=O) groups is 2. The fraction of sp³-hybridized carbons (Fsp3) is 0.625. The molecule has 226 valence electrons. The SMILES string of the molecule is CO/N=C1\C[C@@H](CCC(=O)Nc2ncc(C)s2)C2C3CCc4cc(OC(=O)CN5CCOCC5)ccc4C3CC[C@]12C. The highest BCUT2D eigenvalue weighted by Gasteiger charge is 2.57. The van der Waals surface area contributed by atoms with Crippen LogP contribution >= 0.6 is 11.3 Å². The van der Waals surface area contributed by atoms with Gasteiger partial charge >= 0.3 is 5.97 Å². The average Bonchev–Trinajstić information content (AvgIpc) is 3.51. The number of anilines is 1. The van der Waals surface area contributed by atoms with Gasteiger partial charge in [-0.25, -0.2) is 4.98 Å². The van der Waals surface area contributed by atoms with Gasteiger partial charge in [-0.2, -0.15) is 0 Å². The Balaban J connectivity index is 1.15. The van der Waals surface area contributed by atoms with Crippen LogP contribution in [0, 0.1) is 30.1 Å². The number of aromatic nitrogens is 1. The van der Waals surface area contributed by atoms with E-state index in [0.717, 1.165) is 62.2 Å². The molecule has 3 unspecified atom stereocenters. The summed E-state index contributed by atoms with van der Waals surface area (Å²) in [5.74, 6) is 2.25. The van der Waals surface area contributed by atoms with Gasteiger partial charge in [-0.1, -0.05) is 18.1 Å². The van der Waals surface area contributed by atoms with E-state index in [1.54, 1.807) is 13.3 Å². The molecule has 1 amide bonds. The summed E-state index contributed by atoms with van der Waals surface area (Å²) in [7, 11) is 1.63. The number of rotatable bonds is 8. The second-order valence-corrected chi connectivity index (χ2v) is 13.8.